The number of carbonyl (C=O) groups excluding carboxylic acids is 1. The lowest BCUT2D eigenvalue weighted by Crippen LogP contribution is -2.34. The number of aromatic nitrogens is 1. The first kappa shape index (κ1) is 19.6. The molecular formula is C21H14N4O3S2. The third-order valence-corrected chi connectivity index (χ3v) is 5.28. The van der Waals surface area contributed by atoms with Gasteiger partial charge in [0.2, 0.25) is 0 Å². The number of carbonyl (C=O) groups is 1. The molecule has 1 heterocycles. The van der Waals surface area contributed by atoms with E-state index in [4.69, 9.17) is 12.2 Å². The van der Waals surface area contributed by atoms with Crippen LogP contribution in [-0.4, -0.2) is 20.9 Å². The number of nitrogens with one attached hydrogen (secondary N) is 2. The highest BCUT2D eigenvalue weighted by molar-refractivity contribution is 7.80. The Kier molecular flexibility index (Phi) is 5.46. The molecule has 0 saturated carbocycles. The summed E-state index contributed by atoms with van der Waals surface area (Å²) in [6, 6.07) is 19.4. The van der Waals surface area contributed by atoms with Crippen LogP contribution in [0.3, 0.4) is 0 Å². The molecule has 0 spiro atoms. The van der Waals surface area contributed by atoms with Crippen molar-refractivity contribution in [3.05, 3.63) is 87.8 Å². The Morgan fingerprint density at radius 2 is 1.83 bits per heavy atom. The molecule has 3 aromatic carbocycles. The van der Waals surface area contributed by atoms with Crippen molar-refractivity contribution >= 4 is 56.2 Å². The molecule has 4 rings (SSSR count). The number of thiazole rings is 1. The Bertz CT molecular complexity index is 1290. The van der Waals surface area contributed by atoms with E-state index in [9.17, 15) is 14.9 Å². The molecule has 0 unspecified atom stereocenters. The molecule has 30 heavy (non-hydrogen) atoms. The van der Waals surface area contributed by atoms with Gasteiger partial charge in [0.1, 0.15) is 0 Å². The largest absolute Gasteiger partial charge is 0.308 e. The summed E-state index contributed by atoms with van der Waals surface area (Å²) in [7, 11) is 0. The molecule has 0 bridgehead atoms. The van der Waals surface area contributed by atoms with Crippen LogP contribution in [0.1, 0.15) is 10.4 Å². The van der Waals surface area contributed by atoms with Crippen molar-refractivity contribution in [1.82, 2.24) is 10.3 Å². The van der Waals surface area contributed by atoms with Crippen molar-refractivity contribution in [3.63, 3.8) is 0 Å². The normalized spacial score (nSPS) is 10.5. The topological polar surface area (TPSA) is 97.2 Å². The van der Waals surface area contributed by atoms with Crippen LogP contribution in [0.4, 0.5) is 10.8 Å². The SMILES string of the molecule is O=C(NC(=S)Nc1nc(-c2cccc([N+](=O)[O-])c2)cs1)c1ccc2ccccc2c1. The molecule has 0 atom stereocenters. The molecule has 2 N–H and O–H groups in total. The minimum absolute atomic E-state index is 0.00632. The Morgan fingerprint density at radius 3 is 2.63 bits per heavy atom. The number of anilines is 1. The van der Waals surface area contributed by atoms with Gasteiger partial charge in [-0.15, -0.1) is 11.3 Å². The molecular weight excluding hydrogens is 420 g/mol. The maximum Gasteiger partial charge on any atom is 0.270 e. The van der Waals surface area contributed by atoms with Crippen LogP contribution in [-0.2, 0) is 0 Å². The first-order valence-electron chi connectivity index (χ1n) is 8.81. The highest BCUT2D eigenvalue weighted by Crippen LogP contribution is 2.27. The number of rotatable bonds is 4. The second-order valence-corrected chi connectivity index (χ2v) is 7.58. The predicted molar refractivity (Wildman–Crippen MR) is 122 cm³/mol. The molecule has 1 aromatic heterocycles. The van der Waals surface area contributed by atoms with Gasteiger partial charge in [0.25, 0.3) is 11.6 Å². The van der Waals surface area contributed by atoms with Crippen molar-refractivity contribution in [2.45, 2.75) is 0 Å². The van der Waals surface area contributed by atoms with E-state index in [0.29, 0.717) is 22.0 Å². The third kappa shape index (κ3) is 4.32. The van der Waals surface area contributed by atoms with Gasteiger partial charge in [-0.25, -0.2) is 4.98 Å². The van der Waals surface area contributed by atoms with E-state index in [1.54, 1.807) is 29.6 Å². The van der Waals surface area contributed by atoms with E-state index in [1.165, 1.54) is 23.5 Å². The summed E-state index contributed by atoms with van der Waals surface area (Å²) in [5, 5.41) is 20.8. The van der Waals surface area contributed by atoms with E-state index < -0.39 is 4.92 Å². The summed E-state index contributed by atoms with van der Waals surface area (Å²) in [4.78, 5) is 27.4. The second-order valence-electron chi connectivity index (χ2n) is 6.32. The fraction of sp³-hybridized carbons (Fsp3) is 0. The van der Waals surface area contributed by atoms with Gasteiger partial charge >= 0.3 is 0 Å². The van der Waals surface area contributed by atoms with Crippen molar-refractivity contribution in [2.24, 2.45) is 0 Å². The van der Waals surface area contributed by atoms with E-state index in [-0.39, 0.29) is 16.7 Å². The van der Waals surface area contributed by atoms with Crippen molar-refractivity contribution < 1.29 is 9.72 Å². The van der Waals surface area contributed by atoms with Gasteiger partial charge in [-0.3, -0.25) is 20.2 Å². The van der Waals surface area contributed by atoms with Gasteiger partial charge in [-0.2, -0.15) is 0 Å². The van der Waals surface area contributed by atoms with Gasteiger partial charge in [-0.1, -0.05) is 42.5 Å². The number of benzene rings is 3. The molecule has 0 aliphatic rings. The molecule has 4 aromatic rings. The zero-order chi connectivity index (χ0) is 21.1. The number of hydrogen-bond donors (Lipinski definition) is 2. The first-order chi connectivity index (χ1) is 14.5. The minimum Gasteiger partial charge on any atom is -0.308 e. The number of amides is 1. The maximum atomic E-state index is 12.5. The standard InChI is InChI=1S/C21H14N4O3S2/c26-19(16-9-8-13-4-1-2-5-14(13)10-16)23-20(29)24-21-22-18(12-30-21)15-6-3-7-17(11-15)25(27)28/h1-12H,(H2,22,23,24,26,29). The van der Waals surface area contributed by atoms with Gasteiger partial charge in [0.05, 0.1) is 10.6 Å². The molecule has 7 nitrogen and oxygen atoms in total. The van der Waals surface area contributed by atoms with Gasteiger partial charge in [-0.05, 0) is 35.1 Å². The zero-order valence-electron chi connectivity index (χ0n) is 15.4. The van der Waals surface area contributed by atoms with Crippen LogP contribution in [0.15, 0.2) is 72.1 Å². The Morgan fingerprint density at radius 1 is 1.03 bits per heavy atom. The molecule has 0 radical (unpaired) electrons. The maximum absolute atomic E-state index is 12.5. The van der Waals surface area contributed by atoms with E-state index >= 15 is 0 Å². The lowest BCUT2D eigenvalue weighted by molar-refractivity contribution is -0.384. The van der Waals surface area contributed by atoms with E-state index in [0.717, 1.165) is 10.8 Å². The summed E-state index contributed by atoms with van der Waals surface area (Å²) in [5.41, 5.74) is 1.69. The van der Waals surface area contributed by atoms with E-state index in [2.05, 4.69) is 15.6 Å². The Labute approximate surface area is 180 Å². The molecule has 1 amide bonds. The number of fused-ring (bicyclic) bond motifs is 1. The monoisotopic (exact) mass is 434 g/mol. The van der Waals surface area contributed by atoms with Crippen LogP contribution >= 0.6 is 23.6 Å². The zero-order valence-corrected chi connectivity index (χ0v) is 17.0. The minimum atomic E-state index is -0.452. The Hall–Kier alpha value is -3.69. The lowest BCUT2D eigenvalue weighted by Gasteiger charge is -2.08. The van der Waals surface area contributed by atoms with E-state index in [1.807, 2.05) is 30.3 Å². The summed E-state index contributed by atoms with van der Waals surface area (Å²) in [6.45, 7) is 0. The van der Waals surface area contributed by atoms with Gasteiger partial charge in [0, 0.05) is 28.6 Å². The molecule has 0 aliphatic heterocycles. The summed E-state index contributed by atoms with van der Waals surface area (Å²) in [5.74, 6) is -0.325. The highest BCUT2D eigenvalue weighted by atomic mass is 32.1. The smallest absolute Gasteiger partial charge is 0.270 e. The molecule has 0 aliphatic carbocycles. The average molecular weight is 435 g/mol. The first-order valence-corrected chi connectivity index (χ1v) is 10.1. The molecule has 9 heteroatoms. The van der Waals surface area contributed by atoms with Gasteiger partial charge in [0.15, 0.2) is 10.2 Å². The summed E-state index contributed by atoms with van der Waals surface area (Å²) >= 11 is 6.50. The fourth-order valence-electron chi connectivity index (χ4n) is 2.88. The van der Waals surface area contributed by atoms with Crippen LogP contribution in [0.2, 0.25) is 0 Å². The molecule has 148 valence electrons. The van der Waals surface area contributed by atoms with Crippen LogP contribution in [0.25, 0.3) is 22.0 Å². The predicted octanol–water partition coefficient (Wildman–Crippen LogP) is 5.00. The molecule has 0 fully saturated rings. The van der Waals surface area contributed by atoms with Crippen molar-refractivity contribution in [3.8, 4) is 11.3 Å². The number of nitrogens with zero attached hydrogens (tertiary/aromatic N) is 2. The lowest BCUT2D eigenvalue weighted by atomic mass is 10.1. The number of thiocarbonyl (C=S) groups is 1. The highest BCUT2D eigenvalue weighted by Gasteiger charge is 2.12. The second kappa shape index (κ2) is 8.36. The number of nitro benzene ring substituents is 1. The summed E-state index contributed by atoms with van der Waals surface area (Å²) in [6.07, 6.45) is 0. The number of hydrogen-bond acceptors (Lipinski definition) is 6. The van der Waals surface area contributed by atoms with Crippen molar-refractivity contribution in [2.75, 3.05) is 5.32 Å². The van der Waals surface area contributed by atoms with Gasteiger partial charge < -0.3 is 5.32 Å². The fourth-order valence-corrected chi connectivity index (χ4v) is 3.85. The number of non-ortho nitro benzene ring substituents is 1. The number of nitro groups is 1. The van der Waals surface area contributed by atoms with Crippen LogP contribution in [0.5, 0.6) is 0 Å². The van der Waals surface area contributed by atoms with Crippen molar-refractivity contribution in [1.29, 1.82) is 0 Å². The third-order valence-electron chi connectivity index (χ3n) is 4.32. The quantitative estimate of drug-likeness (QED) is 0.267. The van der Waals surface area contributed by atoms with Crippen LogP contribution < -0.4 is 10.6 Å². The summed E-state index contributed by atoms with van der Waals surface area (Å²) < 4.78 is 0. The molecule has 0 saturated heterocycles. The Balaban J connectivity index is 1.43. The van der Waals surface area contributed by atoms with Crippen LogP contribution in [0, 0.1) is 10.1 Å². The average Bonchev–Trinajstić information content (AvgIpc) is 3.21.